The Kier molecular flexibility index (Phi) is 15.1. The summed E-state index contributed by atoms with van der Waals surface area (Å²) in [7, 11) is 2.90. The summed E-state index contributed by atoms with van der Waals surface area (Å²) in [6.07, 6.45) is 3.15. The summed E-state index contributed by atoms with van der Waals surface area (Å²) in [4.78, 5) is 55.9. The van der Waals surface area contributed by atoms with E-state index in [1.165, 1.54) is 26.4 Å². The number of nitrogens with one attached hydrogen (secondary N) is 5. The van der Waals surface area contributed by atoms with Crippen molar-refractivity contribution in [2.45, 2.75) is 20.8 Å². The number of benzene rings is 4. The third kappa shape index (κ3) is 10.9. The zero-order valence-corrected chi connectivity index (χ0v) is 34.6. The van der Waals surface area contributed by atoms with Gasteiger partial charge < -0.3 is 50.6 Å². The number of methoxy groups -OCH3 is 2. The highest BCUT2D eigenvalue weighted by atomic mass is 35.5. The number of fused-ring (bicyclic) bond motifs is 2. The molecule has 0 spiro atoms. The fraction of sp³-hybridized carbons (Fsp3) is 0.190. The summed E-state index contributed by atoms with van der Waals surface area (Å²) in [5.74, 6) is 1.04. The first-order valence-corrected chi connectivity index (χ1v) is 19.1. The molecule has 2 aromatic heterocycles. The van der Waals surface area contributed by atoms with Crippen LogP contribution in [0.4, 0.5) is 21.0 Å². The van der Waals surface area contributed by atoms with E-state index in [-0.39, 0.29) is 29.3 Å². The van der Waals surface area contributed by atoms with Gasteiger partial charge in [0.25, 0.3) is 5.91 Å². The van der Waals surface area contributed by atoms with Crippen molar-refractivity contribution in [2.75, 3.05) is 44.5 Å². The summed E-state index contributed by atoms with van der Waals surface area (Å²) in [5, 5.41) is 24.5. The van der Waals surface area contributed by atoms with Crippen LogP contribution in [0.5, 0.6) is 34.5 Å². The Balaban J connectivity index is 0.000000228. The molecule has 0 bridgehead atoms. The van der Waals surface area contributed by atoms with E-state index >= 15 is 0 Å². The van der Waals surface area contributed by atoms with Gasteiger partial charge in [-0.15, -0.1) is 0 Å². The molecular formula is C42H41Cl2N7O9. The van der Waals surface area contributed by atoms with Crippen molar-refractivity contribution >= 4 is 80.3 Å². The molecule has 16 nitrogen and oxygen atoms in total. The van der Waals surface area contributed by atoms with Crippen LogP contribution in [0.2, 0.25) is 10.0 Å². The number of aromatic nitrogens is 2. The van der Waals surface area contributed by atoms with E-state index in [4.69, 9.17) is 42.1 Å². The Bertz CT molecular complexity index is 2560. The van der Waals surface area contributed by atoms with Crippen molar-refractivity contribution < 1.29 is 43.2 Å². The fourth-order valence-electron chi connectivity index (χ4n) is 5.64. The Labute approximate surface area is 354 Å². The first-order chi connectivity index (χ1) is 28.9. The molecule has 2 heterocycles. The number of amides is 5. The van der Waals surface area contributed by atoms with Gasteiger partial charge in [0.1, 0.15) is 40.1 Å². The molecule has 312 valence electrons. The monoisotopic (exact) mass is 857 g/mol. The lowest BCUT2D eigenvalue weighted by molar-refractivity contribution is 0.0693. The van der Waals surface area contributed by atoms with E-state index in [0.717, 1.165) is 0 Å². The van der Waals surface area contributed by atoms with Gasteiger partial charge in [0, 0.05) is 67.1 Å². The van der Waals surface area contributed by atoms with Gasteiger partial charge in [-0.1, -0.05) is 23.2 Å². The number of pyridine rings is 2. The lowest BCUT2D eigenvalue weighted by Crippen LogP contribution is -2.28. The molecule has 6 rings (SSSR count). The number of ether oxygens (including phenoxy) is 4. The minimum absolute atomic E-state index is 0.00244. The number of rotatable bonds is 13. The van der Waals surface area contributed by atoms with E-state index in [1.54, 1.807) is 73.1 Å². The molecule has 0 atom stereocenters. The van der Waals surface area contributed by atoms with Crippen molar-refractivity contribution in [3.63, 3.8) is 0 Å². The van der Waals surface area contributed by atoms with Crippen molar-refractivity contribution in [1.29, 1.82) is 0 Å². The average molecular weight is 859 g/mol. The summed E-state index contributed by atoms with van der Waals surface area (Å²) < 4.78 is 22.4. The quantitative estimate of drug-likeness (QED) is 0.0645. The van der Waals surface area contributed by atoms with E-state index < -0.39 is 5.97 Å². The Morgan fingerprint density at radius 1 is 0.583 bits per heavy atom. The van der Waals surface area contributed by atoms with E-state index in [0.29, 0.717) is 97.2 Å². The number of carboxylic acid groups (broad SMARTS) is 1. The number of hydrogen-bond acceptors (Lipinski definition) is 10. The maximum absolute atomic E-state index is 12.4. The number of hydrogen-bond donors (Lipinski definition) is 6. The van der Waals surface area contributed by atoms with Gasteiger partial charge in [-0.2, -0.15) is 0 Å². The molecule has 0 unspecified atom stereocenters. The molecule has 6 N–H and O–H groups in total. The van der Waals surface area contributed by atoms with Crippen molar-refractivity contribution in [3.05, 3.63) is 106 Å². The van der Waals surface area contributed by atoms with Crippen molar-refractivity contribution in [2.24, 2.45) is 0 Å². The molecule has 6 aromatic rings. The van der Waals surface area contributed by atoms with Gasteiger partial charge in [-0.25, -0.2) is 14.4 Å². The molecule has 4 aromatic carbocycles. The van der Waals surface area contributed by atoms with Gasteiger partial charge in [0.15, 0.2) is 0 Å². The maximum atomic E-state index is 12.4. The van der Waals surface area contributed by atoms with Gasteiger partial charge >= 0.3 is 18.0 Å². The average Bonchev–Trinajstić information content (AvgIpc) is 3.22. The van der Waals surface area contributed by atoms with Gasteiger partial charge in [0.05, 0.1) is 52.2 Å². The number of nitrogens with zero attached hydrogens (tertiary/aromatic N) is 2. The van der Waals surface area contributed by atoms with Crippen molar-refractivity contribution in [3.8, 4) is 34.5 Å². The van der Waals surface area contributed by atoms with Crippen LogP contribution in [0, 0.1) is 0 Å². The van der Waals surface area contributed by atoms with Crippen LogP contribution in [-0.4, -0.2) is 72.9 Å². The van der Waals surface area contributed by atoms with E-state index in [9.17, 15) is 24.3 Å². The normalized spacial score (nSPS) is 10.4. The number of urea groups is 2. The van der Waals surface area contributed by atoms with Crippen LogP contribution in [0.25, 0.3) is 21.8 Å². The first-order valence-electron chi connectivity index (χ1n) is 18.4. The number of halogens is 2. The molecule has 5 amide bonds. The van der Waals surface area contributed by atoms with E-state index in [2.05, 4.69) is 36.6 Å². The van der Waals surface area contributed by atoms with Crippen LogP contribution >= 0.6 is 23.2 Å². The molecular weight excluding hydrogens is 817 g/mol. The number of carbonyl (C=O) groups is 4. The molecule has 0 saturated heterocycles. The number of anilines is 2. The van der Waals surface area contributed by atoms with Crippen LogP contribution < -0.4 is 45.5 Å². The summed E-state index contributed by atoms with van der Waals surface area (Å²) in [5.41, 5.74) is 2.41. The molecule has 0 fully saturated rings. The minimum atomic E-state index is -1.12. The van der Waals surface area contributed by atoms with Crippen LogP contribution in [0.15, 0.2) is 85.2 Å². The molecule has 0 saturated carbocycles. The lowest BCUT2D eigenvalue weighted by Gasteiger charge is -2.14. The highest BCUT2D eigenvalue weighted by Crippen LogP contribution is 2.37. The highest BCUT2D eigenvalue weighted by Gasteiger charge is 2.18. The largest absolute Gasteiger partial charge is 0.496 e. The van der Waals surface area contributed by atoms with Crippen LogP contribution in [0.1, 0.15) is 41.5 Å². The Morgan fingerprint density at radius 2 is 1.02 bits per heavy atom. The molecule has 0 aliphatic heterocycles. The van der Waals surface area contributed by atoms with Gasteiger partial charge in [0.2, 0.25) is 0 Å². The molecule has 0 aliphatic rings. The fourth-order valence-corrected chi connectivity index (χ4v) is 6.08. The summed E-state index contributed by atoms with van der Waals surface area (Å²) >= 11 is 12.5. The van der Waals surface area contributed by atoms with Crippen molar-refractivity contribution in [1.82, 2.24) is 25.9 Å². The Hall–Kier alpha value is -7.04. The SMILES string of the molecule is CCNC(=O)Nc1ccc(Oc2ccnc3cc(OC)c(C(=O)NCC)cc23)cc1Cl.CCNC(=O)Nc1ccc(Oc2ccnc3cc(OC)c(C(=O)O)cc23)cc1Cl. The predicted molar refractivity (Wildman–Crippen MR) is 230 cm³/mol. The second kappa shape index (κ2) is 20.6. The Morgan fingerprint density at radius 3 is 1.42 bits per heavy atom. The summed E-state index contributed by atoms with van der Waals surface area (Å²) in [6.45, 7) is 6.96. The third-order valence-electron chi connectivity index (χ3n) is 8.37. The lowest BCUT2D eigenvalue weighted by atomic mass is 10.1. The predicted octanol–water partition coefficient (Wildman–Crippen LogP) is 9.11. The zero-order chi connectivity index (χ0) is 43.3. The first kappa shape index (κ1) is 44.1. The second-order valence-corrected chi connectivity index (χ2v) is 13.2. The number of carboxylic acids is 1. The smallest absolute Gasteiger partial charge is 0.339 e. The highest BCUT2D eigenvalue weighted by molar-refractivity contribution is 6.34. The van der Waals surface area contributed by atoms with Gasteiger partial charge in [-0.05, 0) is 69.3 Å². The second-order valence-electron chi connectivity index (χ2n) is 12.4. The van der Waals surface area contributed by atoms with Crippen LogP contribution in [0.3, 0.4) is 0 Å². The maximum Gasteiger partial charge on any atom is 0.339 e. The molecule has 0 aliphatic carbocycles. The van der Waals surface area contributed by atoms with Gasteiger partial charge in [-0.3, -0.25) is 14.8 Å². The zero-order valence-electron chi connectivity index (χ0n) is 33.1. The van der Waals surface area contributed by atoms with E-state index in [1.807, 2.05) is 20.8 Å². The summed E-state index contributed by atoms with van der Waals surface area (Å²) in [6, 6.07) is 18.7. The molecule has 60 heavy (non-hydrogen) atoms. The number of carbonyl (C=O) groups excluding carboxylic acids is 3. The van der Waals surface area contributed by atoms with Crippen LogP contribution in [-0.2, 0) is 0 Å². The molecule has 0 radical (unpaired) electrons. The standard InChI is InChI=1S/C22H23ClN4O4.C20H18ClN3O5/c1-4-24-21(28)15-11-14-18(12-20(15)30-3)26-9-8-19(14)31-13-6-7-17(16(23)10-13)27-22(29)25-5-2;1-3-22-20(27)24-15-5-4-11(8-14(15)21)29-17-6-7-23-16-10-18(28-2)13(19(25)26)9-12(16)17/h6-12H,4-5H2,1-3H3,(H,24,28)(H2,25,27,29);4-10H,3H2,1-2H3,(H,25,26)(H2,22,24,27). The topological polar surface area (TPSA) is 211 Å². The minimum Gasteiger partial charge on any atom is -0.496 e. The third-order valence-corrected chi connectivity index (χ3v) is 8.99. The number of aromatic carboxylic acids is 1. The molecule has 18 heteroatoms.